The number of hydrogen-bond acceptors (Lipinski definition) is 3. The average Bonchev–Trinajstić information content (AvgIpc) is 2.07. The van der Waals surface area contributed by atoms with Crippen LogP contribution >= 0.6 is 0 Å². The average molecular weight is 164 g/mol. The number of hydrazone groups is 1. The molecule has 0 amide bonds. The van der Waals surface area contributed by atoms with Gasteiger partial charge in [-0.1, -0.05) is 30.3 Å². The van der Waals surface area contributed by atoms with Gasteiger partial charge in [-0.3, -0.25) is 0 Å². The summed E-state index contributed by atoms with van der Waals surface area (Å²) in [5, 5.41) is 11.8. The summed E-state index contributed by atoms with van der Waals surface area (Å²) in [6.07, 6.45) is 0. The van der Waals surface area contributed by atoms with Crippen molar-refractivity contribution in [1.29, 1.82) is 0 Å². The summed E-state index contributed by atoms with van der Waals surface area (Å²) in [5.41, 5.74) is 0.378. The molecule has 0 aliphatic heterocycles. The van der Waals surface area contributed by atoms with Crippen molar-refractivity contribution in [2.75, 3.05) is 0 Å². The molecule has 0 fully saturated rings. The molecule has 0 heterocycles. The number of benzene rings is 1. The molecule has 0 saturated heterocycles. The van der Waals surface area contributed by atoms with Crippen LogP contribution in [0.15, 0.2) is 35.4 Å². The minimum Gasteiger partial charge on any atom is -0.476 e. The zero-order chi connectivity index (χ0) is 8.97. The molecule has 0 saturated carbocycles. The summed E-state index contributed by atoms with van der Waals surface area (Å²) >= 11 is 0. The van der Waals surface area contributed by atoms with Gasteiger partial charge in [0.15, 0.2) is 5.71 Å². The van der Waals surface area contributed by atoms with E-state index in [2.05, 4.69) is 5.10 Å². The maximum Gasteiger partial charge on any atom is 0.356 e. The number of aliphatic carboxylic acids is 1. The van der Waals surface area contributed by atoms with E-state index in [9.17, 15) is 4.79 Å². The fourth-order valence-electron chi connectivity index (χ4n) is 0.849. The third kappa shape index (κ3) is 1.60. The van der Waals surface area contributed by atoms with Gasteiger partial charge in [0, 0.05) is 5.56 Å². The van der Waals surface area contributed by atoms with Crippen LogP contribution in [0.2, 0.25) is 0 Å². The van der Waals surface area contributed by atoms with Gasteiger partial charge < -0.3 is 10.9 Å². The lowest BCUT2D eigenvalue weighted by Crippen LogP contribution is -2.16. The third-order valence-electron chi connectivity index (χ3n) is 1.38. The fourth-order valence-corrected chi connectivity index (χ4v) is 0.849. The first-order valence-electron chi connectivity index (χ1n) is 3.32. The van der Waals surface area contributed by atoms with E-state index < -0.39 is 5.97 Å². The standard InChI is InChI=1S/C8H8N2O2/c9-10-7(8(11)12)6-4-2-1-3-5-6/h1-5H,9H2,(H,11,12). The summed E-state index contributed by atoms with van der Waals surface area (Å²) in [4.78, 5) is 10.5. The summed E-state index contributed by atoms with van der Waals surface area (Å²) in [6.45, 7) is 0. The van der Waals surface area contributed by atoms with E-state index in [-0.39, 0.29) is 5.71 Å². The van der Waals surface area contributed by atoms with Gasteiger partial charge in [0.25, 0.3) is 0 Å². The Balaban J connectivity index is 3.05. The molecule has 0 atom stereocenters. The molecule has 1 aromatic carbocycles. The molecule has 62 valence electrons. The molecule has 0 aliphatic carbocycles. The topological polar surface area (TPSA) is 75.7 Å². The Morgan fingerprint density at radius 1 is 1.33 bits per heavy atom. The number of nitrogens with zero attached hydrogens (tertiary/aromatic N) is 1. The van der Waals surface area contributed by atoms with Gasteiger partial charge in [0.05, 0.1) is 0 Å². The van der Waals surface area contributed by atoms with Crippen LogP contribution in [0.3, 0.4) is 0 Å². The molecule has 0 spiro atoms. The lowest BCUT2D eigenvalue weighted by molar-refractivity contribution is -0.129. The number of carbonyl (C=O) groups is 1. The second-order valence-electron chi connectivity index (χ2n) is 2.15. The second-order valence-corrected chi connectivity index (χ2v) is 2.15. The maximum absolute atomic E-state index is 10.5. The molecule has 0 aliphatic rings. The van der Waals surface area contributed by atoms with E-state index in [1.165, 1.54) is 0 Å². The third-order valence-corrected chi connectivity index (χ3v) is 1.38. The Morgan fingerprint density at radius 2 is 1.92 bits per heavy atom. The first-order valence-corrected chi connectivity index (χ1v) is 3.32. The molecule has 0 radical (unpaired) electrons. The Labute approximate surface area is 69.3 Å². The molecule has 1 aromatic rings. The molecule has 0 unspecified atom stereocenters. The van der Waals surface area contributed by atoms with Gasteiger partial charge in [-0.25, -0.2) is 4.79 Å². The smallest absolute Gasteiger partial charge is 0.356 e. The number of carboxylic acid groups (broad SMARTS) is 1. The number of hydrogen-bond donors (Lipinski definition) is 2. The molecule has 4 heteroatoms. The lowest BCUT2D eigenvalue weighted by atomic mass is 10.1. The Bertz CT molecular complexity index is 306. The summed E-state index contributed by atoms with van der Waals surface area (Å²) in [5.74, 6) is 3.79. The molecule has 1 rings (SSSR count). The van der Waals surface area contributed by atoms with Gasteiger partial charge in [-0.05, 0) is 0 Å². The highest BCUT2D eigenvalue weighted by molar-refractivity contribution is 6.42. The molecule has 0 bridgehead atoms. The van der Waals surface area contributed by atoms with Crippen LogP contribution in [-0.2, 0) is 4.79 Å². The van der Waals surface area contributed by atoms with Crippen molar-refractivity contribution in [3.05, 3.63) is 35.9 Å². The molecular weight excluding hydrogens is 156 g/mol. The van der Waals surface area contributed by atoms with Gasteiger partial charge in [0.2, 0.25) is 0 Å². The highest BCUT2D eigenvalue weighted by atomic mass is 16.4. The van der Waals surface area contributed by atoms with Gasteiger partial charge in [-0.2, -0.15) is 5.10 Å². The van der Waals surface area contributed by atoms with Crippen molar-refractivity contribution < 1.29 is 9.90 Å². The van der Waals surface area contributed by atoms with E-state index >= 15 is 0 Å². The highest BCUT2D eigenvalue weighted by Crippen LogP contribution is 2.00. The fraction of sp³-hybridized carbons (Fsp3) is 0. The van der Waals surface area contributed by atoms with Crippen LogP contribution in [-0.4, -0.2) is 16.8 Å². The zero-order valence-corrected chi connectivity index (χ0v) is 6.27. The van der Waals surface area contributed by atoms with Crippen molar-refractivity contribution in [1.82, 2.24) is 0 Å². The largest absolute Gasteiger partial charge is 0.476 e. The van der Waals surface area contributed by atoms with Crippen molar-refractivity contribution in [3.63, 3.8) is 0 Å². The van der Waals surface area contributed by atoms with Crippen LogP contribution in [0.4, 0.5) is 0 Å². The minimum absolute atomic E-state index is 0.129. The maximum atomic E-state index is 10.5. The minimum atomic E-state index is -1.12. The van der Waals surface area contributed by atoms with Crippen molar-refractivity contribution in [2.24, 2.45) is 10.9 Å². The van der Waals surface area contributed by atoms with E-state index in [1.54, 1.807) is 30.3 Å². The predicted octanol–water partition coefficient (Wildman–Crippen LogP) is 0.434. The van der Waals surface area contributed by atoms with Crippen molar-refractivity contribution >= 4 is 11.7 Å². The molecule has 3 N–H and O–H groups in total. The van der Waals surface area contributed by atoms with Gasteiger partial charge in [0.1, 0.15) is 0 Å². The van der Waals surface area contributed by atoms with Crippen LogP contribution in [0.1, 0.15) is 5.56 Å². The summed E-state index contributed by atoms with van der Waals surface area (Å²) in [7, 11) is 0. The first kappa shape index (κ1) is 8.26. The van der Waals surface area contributed by atoms with Crippen LogP contribution < -0.4 is 5.84 Å². The normalized spacial score (nSPS) is 11.2. The highest BCUT2D eigenvalue weighted by Gasteiger charge is 2.10. The molecule has 4 nitrogen and oxygen atoms in total. The monoisotopic (exact) mass is 164 g/mol. The first-order chi connectivity index (χ1) is 5.75. The lowest BCUT2D eigenvalue weighted by Gasteiger charge is -1.97. The molecular formula is C8H8N2O2. The van der Waals surface area contributed by atoms with E-state index in [1.807, 2.05) is 0 Å². The Kier molecular flexibility index (Phi) is 2.42. The van der Waals surface area contributed by atoms with E-state index in [4.69, 9.17) is 10.9 Å². The number of carboxylic acids is 1. The number of nitrogens with two attached hydrogens (primary N) is 1. The molecule has 12 heavy (non-hydrogen) atoms. The van der Waals surface area contributed by atoms with Gasteiger partial charge >= 0.3 is 5.97 Å². The SMILES string of the molecule is NN=C(C(=O)O)c1ccccc1. The van der Waals surface area contributed by atoms with Crippen LogP contribution in [0.25, 0.3) is 0 Å². The van der Waals surface area contributed by atoms with Crippen LogP contribution in [0.5, 0.6) is 0 Å². The van der Waals surface area contributed by atoms with Crippen molar-refractivity contribution in [3.8, 4) is 0 Å². The van der Waals surface area contributed by atoms with E-state index in [0.717, 1.165) is 0 Å². The molecule has 0 aromatic heterocycles. The summed E-state index contributed by atoms with van der Waals surface area (Å²) in [6, 6.07) is 8.52. The zero-order valence-electron chi connectivity index (χ0n) is 6.27. The second kappa shape index (κ2) is 3.52. The van der Waals surface area contributed by atoms with Crippen LogP contribution in [0, 0.1) is 0 Å². The van der Waals surface area contributed by atoms with Crippen molar-refractivity contribution in [2.45, 2.75) is 0 Å². The predicted molar refractivity (Wildman–Crippen MR) is 44.8 cm³/mol. The quantitative estimate of drug-likeness (QED) is 0.378. The van der Waals surface area contributed by atoms with E-state index in [0.29, 0.717) is 5.56 Å². The Morgan fingerprint density at radius 3 is 2.33 bits per heavy atom. The Hall–Kier alpha value is -1.84. The van der Waals surface area contributed by atoms with Gasteiger partial charge in [-0.15, -0.1) is 0 Å². The summed E-state index contributed by atoms with van der Waals surface area (Å²) < 4.78 is 0. The number of rotatable bonds is 2.